The van der Waals surface area contributed by atoms with Gasteiger partial charge in [0.15, 0.2) is 0 Å². The average molecular weight is 259 g/mol. The molecule has 2 aliphatic heterocycles. The lowest BCUT2D eigenvalue weighted by Crippen LogP contribution is -2.43. The van der Waals surface area contributed by atoms with E-state index >= 15 is 0 Å². The van der Waals surface area contributed by atoms with Gasteiger partial charge in [-0.2, -0.15) is 11.8 Å². The van der Waals surface area contributed by atoms with Crippen LogP contribution in [-0.2, 0) is 9.47 Å². The van der Waals surface area contributed by atoms with Crippen molar-refractivity contribution in [2.75, 3.05) is 31.8 Å². The van der Waals surface area contributed by atoms with Gasteiger partial charge in [0.05, 0.1) is 18.8 Å². The Bertz CT molecular complexity index is 204. The van der Waals surface area contributed by atoms with Crippen molar-refractivity contribution >= 4 is 11.8 Å². The first-order valence-electron chi connectivity index (χ1n) is 6.88. The lowest BCUT2D eigenvalue weighted by Gasteiger charge is -2.30. The van der Waals surface area contributed by atoms with Crippen molar-refractivity contribution in [2.24, 2.45) is 0 Å². The average Bonchev–Trinajstić information content (AvgIpc) is 2.89. The zero-order chi connectivity index (χ0) is 11.9. The number of hydrogen-bond acceptors (Lipinski definition) is 4. The Balaban J connectivity index is 1.63. The first kappa shape index (κ1) is 13.7. The van der Waals surface area contributed by atoms with Crippen LogP contribution >= 0.6 is 11.8 Å². The largest absolute Gasteiger partial charge is 0.378 e. The van der Waals surface area contributed by atoms with Crippen molar-refractivity contribution in [3.63, 3.8) is 0 Å². The molecule has 4 heteroatoms. The van der Waals surface area contributed by atoms with Crippen molar-refractivity contribution in [2.45, 2.75) is 50.4 Å². The Morgan fingerprint density at radius 1 is 1.35 bits per heavy atom. The lowest BCUT2D eigenvalue weighted by atomic mass is 10.0. The highest BCUT2D eigenvalue weighted by molar-refractivity contribution is 7.99. The maximum absolute atomic E-state index is 5.84. The lowest BCUT2D eigenvalue weighted by molar-refractivity contribution is 0.0439. The zero-order valence-corrected chi connectivity index (χ0v) is 11.6. The second-order valence-electron chi connectivity index (χ2n) is 4.95. The van der Waals surface area contributed by atoms with E-state index in [4.69, 9.17) is 9.47 Å². The van der Waals surface area contributed by atoms with Gasteiger partial charge in [0.2, 0.25) is 0 Å². The summed E-state index contributed by atoms with van der Waals surface area (Å²) in [5.74, 6) is 2.30. The molecule has 3 nitrogen and oxygen atoms in total. The van der Waals surface area contributed by atoms with Crippen LogP contribution in [0, 0.1) is 0 Å². The first-order chi connectivity index (χ1) is 8.40. The summed E-state index contributed by atoms with van der Waals surface area (Å²) in [5.41, 5.74) is 0. The molecular weight excluding hydrogens is 234 g/mol. The molecule has 1 N–H and O–H groups in total. The van der Waals surface area contributed by atoms with Gasteiger partial charge in [-0.3, -0.25) is 0 Å². The second kappa shape index (κ2) is 7.62. The third-order valence-electron chi connectivity index (χ3n) is 3.73. The summed E-state index contributed by atoms with van der Waals surface area (Å²) in [7, 11) is 2.05. The number of rotatable bonds is 6. The van der Waals surface area contributed by atoms with Crippen LogP contribution in [0.3, 0.4) is 0 Å². The Labute approximate surface area is 109 Å². The molecule has 0 spiro atoms. The summed E-state index contributed by atoms with van der Waals surface area (Å²) < 4.78 is 11.5. The third kappa shape index (κ3) is 4.43. The normalized spacial score (nSPS) is 31.6. The minimum Gasteiger partial charge on any atom is -0.378 e. The number of likely N-dealkylation sites (N-methyl/N-ethyl adjacent to an activating group) is 1. The van der Waals surface area contributed by atoms with Crippen molar-refractivity contribution in [1.82, 2.24) is 5.32 Å². The fourth-order valence-corrected chi connectivity index (χ4v) is 3.63. The molecule has 2 fully saturated rings. The summed E-state index contributed by atoms with van der Waals surface area (Å²) in [6, 6.07) is 0.518. The van der Waals surface area contributed by atoms with E-state index in [1.165, 1.54) is 32.1 Å². The van der Waals surface area contributed by atoms with Crippen LogP contribution in [0.25, 0.3) is 0 Å². The predicted molar refractivity (Wildman–Crippen MR) is 72.7 cm³/mol. The van der Waals surface area contributed by atoms with Crippen LogP contribution in [0.2, 0.25) is 0 Å². The van der Waals surface area contributed by atoms with Gasteiger partial charge in [-0.25, -0.2) is 0 Å². The minimum absolute atomic E-state index is 0.406. The molecule has 3 atom stereocenters. The van der Waals surface area contributed by atoms with Gasteiger partial charge in [-0.05, 0) is 39.2 Å². The maximum Gasteiger partial charge on any atom is 0.0818 e. The standard InChI is InChI=1S/C13H25NO2S/c1-14-12(13-10-17-9-8-16-13)6-2-4-11-5-3-7-15-11/h11-14H,2-10H2,1H3. The number of thioether (sulfide) groups is 1. The highest BCUT2D eigenvalue weighted by atomic mass is 32.2. The topological polar surface area (TPSA) is 30.5 Å². The third-order valence-corrected chi connectivity index (χ3v) is 4.75. The highest BCUT2D eigenvalue weighted by Crippen LogP contribution is 2.21. The number of hydrogen-bond donors (Lipinski definition) is 1. The molecule has 0 aliphatic carbocycles. The van der Waals surface area contributed by atoms with Crippen LogP contribution in [0.5, 0.6) is 0 Å². The maximum atomic E-state index is 5.84. The summed E-state index contributed by atoms with van der Waals surface area (Å²) in [4.78, 5) is 0. The van der Waals surface area contributed by atoms with Crippen LogP contribution in [-0.4, -0.2) is 50.0 Å². The summed E-state index contributed by atoms with van der Waals surface area (Å²) >= 11 is 2.02. The molecule has 2 heterocycles. The van der Waals surface area contributed by atoms with E-state index in [2.05, 4.69) is 12.4 Å². The fourth-order valence-electron chi connectivity index (χ4n) is 2.69. The molecule has 17 heavy (non-hydrogen) atoms. The SMILES string of the molecule is CNC(CCCC1CCCO1)C1CSCCO1. The Morgan fingerprint density at radius 2 is 2.29 bits per heavy atom. The Hall–Kier alpha value is 0.230. The molecular formula is C13H25NO2S. The van der Waals surface area contributed by atoms with Gasteiger partial charge in [-0.15, -0.1) is 0 Å². The summed E-state index contributed by atoms with van der Waals surface area (Å²) in [6.07, 6.45) is 7.14. The van der Waals surface area contributed by atoms with E-state index in [1.54, 1.807) is 0 Å². The molecule has 2 aliphatic rings. The number of ether oxygens (including phenoxy) is 2. The first-order valence-corrected chi connectivity index (χ1v) is 8.04. The van der Waals surface area contributed by atoms with Crippen molar-refractivity contribution in [1.29, 1.82) is 0 Å². The molecule has 3 unspecified atom stereocenters. The molecule has 100 valence electrons. The van der Waals surface area contributed by atoms with Crippen LogP contribution in [0.1, 0.15) is 32.1 Å². The van der Waals surface area contributed by atoms with Crippen LogP contribution in [0.4, 0.5) is 0 Å². The minimum atomic E-state index is 0.406. The molecule has 2 saturated heterocycles. The molecule has 0 amide bonds. The number of nitrogens with one attached hydrogen (secondary N) is 1. The van der Waals surface area contributed by atoms with Crippen molar-refractivity contribution in [3.8, 4) is 0 Å². The van der Waals surface area contributed by atoms with E-state index in [1.807, 2.05) is 11.8 Å². The van der Waals surface area contributed by atoms with E-state index in [9.17, 15) is 0 Å². The zero-order valence-electron chi connectivity index (χ0n) is 10.8. The van der Waals surface area contributed by atoms with Gasteiger partial charge in [0, 0.05) is 24.2 Å². The predicted octanol–water partition coefficient (Wildman–Crippen LogP) is 2.06. The monoisotopic (exact) mass is 259 g/mol. The quantitative estimate of drug-likeness (QED) is 0.791. The van der Waals surface area contributed by atoms with E-state index in [0.29, 0.717) is 18.2 Å². The van der Waals surface area contributed by atoms with E-state index in [-0.39, 0.29) is 0 Å². The molecule has 0 aromatic carbocycles. The fraction of sp³-hybridized carbons (Fsp3) is 1.00. The second-order valence-corrected chi connectivity index (χ2v) is 6.10. The van der Waals surface area contributed by atoms with Crippen LogP contribution < -0.4 is 5.32 Å². The van der Waals surface area contributed by atoms with Gasteiger partial charge in [0.25, 0.3) is 0 Å². The smallest absolute Gasteiger partial charge is 0.0818 e. The van der Waals surface area contributed by atoms with Crippen molar-refractivity contribution in [3.05, 3.63) is 0 Å². The molecule has 0 saturated carbocycles. The van der Waals surface area contributed by atoms with Crippen molar-refractivity contribution < 1.29 is 9.47 Å². The molecule has 2 rings (SSSR count). The van der Waals surface area contributed by atoms with Crippen LogP contribution in [0.15, 0.2) is 0 Å². The van der Waals surface area contributed by atoms with Gasteiger partial charge >= 0.3 is 0 Å². The van der Waals surface area contributed by atoms with E-state index in [0.717, 1.165) is 24.7 Å². The summed E-state index contributed by atoms with van der Waals surface area (Å²) in [6.45, 7) is 1.89. The van der Waals surface area contributed by atoms with E-state index < -0.39 is 0 Å². The van der Waals surface area contributed by atoms with Gasteiger partial charge < -0.3 is 14.8 Å². The molecule has 0 aromatic rings. The molecule has 0 bridgehead atoms. The highest BCUT2D eigenvalue weighted by Gasteiger charge is 2.24. The Kier molecular flexibility index (Phi) is 6.12. The molecule has 0 aromatic heterocycles. The van der Waals surface area contributed by atoms with Gasteiger partial charge in [0.1, 0.15) is 0 Å². The summed E-state index contributed by atoms with van der Waals surface area (Å²) in [5, 5.41) is 3.42. The Morgan fingerprint density at radius 3 is 2.94 bits per heavy atom. The molecule has 0 radical (unpaired) electrons. The van der Waals surface area contributed by atoms with Gasteiger partial charge in [-0.1, -0.05) is 0 Å².